The van der Waals surface area contributed by atoms with Crippen LogP contribution >= 0.6 is 0 Å². The highest BCUT2D eigenvalue weighted by Gasteiger charge is 2.32. The molecule has 0 fully saturated rings. The van der Waals surface area contributed by atoms with Gasteiger partial charge in [-0.2, -0.15) is 0 Å². The van der Waals surface area contributed by atoms with Crippen LogP contribution in [0, 0.1) is 0 Å². The second kappa shape index (κ2) is 6.79. The zero-order valence-electron chi connectivity index (χ0n) is 14.2. The zero-order valence-corrected chi connectivity index (χ0v) is 14.2. The van der Waals surface area contributed by atoms with Gasteiger partial charge in [0.05, 0.1) is 19.9 Å². The van der Waals surface area contributed by atoms with Crippen molar-refractivity contribution in [2.45, 2.75) is 18.9 Å². The lowest BCUT2D eigenvalue weighted by atomic mass is 9.94. The highest BCUT2D eigenvalue weighted by molar-refractivity contribution is 6.02. The van der Waals surface area contributed by atoms with Crippen molar-refractivity contribution in [2.24, 2.45) is 5.16 Å². The predicted molar refractivity (Wildman–Crippen MR) is 95.7 cm³/mol. The molecule has 2 aromatic rings. The molecule has 0 saturated heterocycles. The van der Waals surface area contributed by atoms with Crippen LogP contribution in [-0.2, 0) is 4.84 Å². The van der Waals surface area contributed by atoms with E-state index in [1.165, 1.54) is 0 Å². The summed E-state index contributed by atoms with van der Waals surface area (Å²) in [5.74, 6) is 1.39. The van der Waals surface area contributed by atoms with Crippen molar-refractivity contribution < 1.29 is 14.3 Å². The van der Waals surface area contributed by atoms with Crippen LogP contribution in [0.5, 0.6) is 11.5 Å². The first kappa shape index (κ1) is 16.1. The molecule has 3 rings (SSSR count). The van der Waals surface area contributed by atoms with E-state index in [0.717, 1.165) is 16.8 Å². The first-order valence-electron chi connectivity index (χ1n) is 7.85. The molecule has 0 spiro atoms. The lowest BCUT2D eigenvalue weighted by Gasteiger charge is -2.16. The lowest BCUT2D eigenvalue weighted by Crippen LogP contribution is -2.21. The van der Waals surface area contributed by atoms with E-state index in [0.29, 0.717) is 17.9 Å². The van der Waals surface area contributed by atoms with Gasteiger partial charge in [-0.05, 0) is 36.8 Å². The molecule has 0 aromatic heterocycles. The number of nitrogens with zero attached hydrogens (tertiary/aromatic N) is 1. The van der Waals surface area contributed by atoms with Crippen molar-refractivity contribution in [3.05, 3.63) is 65.7 Å². The molecule has 2 aromatic carbocycles. The van der Waals surface area contributed by atoms with Gasteiger partial charge in [-0.25, -0.2) is 0 Å². The highest BCUT2D eigenvalue weighted by atomic mass is 16.7. The summed E-state index contributed by atoms with van der Waals surface area (Å²) in [6, 6.07) is 15.9. The first-order chi connectivity index (χ1) is 11.6. The minimum absolute atomic E-state index is 0.446. The Balaban J connectivity index is 1.75. The molecule has 1 heterocycles. The molecular formula is C20H21NO3. The summed E-state index contributed by atoms with van der Waals surface area (Å²) in [7, 11) is 3.25. The van der Waals surface area contributed by atoms with Gasteiger partial charge in [-0.15, -0.1) is 0 Å². The van der Waals surface area contributed by atoms with E-state index in [2.05, 4.69) is 29.4 Å². The van der Waals surface area contributed by atoms with E-state index in [-0.39, 0.29) is 0 Å². The number of ether oxygens (including phenoxy) is 2. The van der Waals surface area contributed by atoms with Crippen LogP contribution in [0.4, 0.5) is 0 Å². The highest BCUT2D eigenvalue weighted by Crippen LogP contribution is 2.32. The molecule has 0 radical (unpaired) electrons. The Bertz CT molecular complexity index is 768. The van der Waals surface area contributed by atoms with Crippen LogP contribution in [0.25, 0.3) is 6.08 Å². The minimum atomic E-state index is -0.446. The molecule has 4 nitrogen and oxygen atoms in total. The molecule has 1 aliphatic heterocycles. The van der Waals surface area contributed by atoms with Crippen LogP contribution in [0.15, 0.2) is 59.8 Å². The summed E-state index contributed by atoms with van der Waals surface area (Å²) in [4.78, 5) is 5.69. The molecule has 1 atom stereocenters. The number of hydrogen-bond donors (Lipinski definition) is 0. The van der Waals surface area contributed by atoms with Crippen molar-refractivity contribution in [1.82, 2.24) is 0 Å². The quantitative estimate of drug-likeness (QED) is 0.823. The number of benzene rings is 2. The van der Waals surface area contributed by atoms with Gasteiger partial charge in [-0.1, -0.05) is 41.6 Å². The van der Waals surface area contributed by atoms with E-state index in [4.69, 9.17) is 14.3 Å². The van der Waals surface area contributed by atoms with Gasteiger partial charge in [0.15, 0.2) is 17.1 Å². The SMILES string of the molecule is COc1ccc(C2=NOC(C)(/C=C/c3ccccc3)C2)cc1OC. The summed E-state index contributed by atoms with van der Waals surface area (Å²) >= 11 is 0. The number of oxime groups is 1. The van der Waals surface area contributed by atoms with Crippen LogP contribution in [0.3, 0.4) is 0 Å². The number of methoxy groups -OCH3 is 2. The van der Waals surface area contributed by atoms with Crippen molar-refractivity contribution >= 4 is 11.8 Å². The van der Waals surface area contributed by atoms with Crippen LogP contribution in [0.1, 0.15) is 24.5 Å². The Hall–Kier alpha value is -2.75. The van der Waals surface area contributed by atoms with Crippen molar-refractivity contribution in [1.29, 1.82) is 0 Å². The van der Waals surface area contributed by atoms with Crippen molar-refractivity contribution in [3.8, 4) is 11.5 Å². The second-order valence-electron chi connectivity index (χ2n) is 5.93. The van der Waals surface area contributed by atoms with Gasteiger partial charge < -0.3 is 14.3 Å². The molecule has 1 aliphatic rings. The lowest BCUT2D eigenvalue weighted by molar-refractivity contribution is 0.0369. The molecule has 0 saturated carbocycles. The number of hydrogen-bond acceptors (Lipinski definition) is 4. The standard InChI is InChI=1S/C20H21NO3/c1-20(12-11-15-7-5-4-6-8-15)14-17(21-24-20)16-9-10-18(22-2)19(13-16)23-3/h4-13H,14H2,1-3H3/b12-11+. The summed E-state index contributed by atoms with van der Waals surface area (Å²) in [5.41, 5.74) is 2.57. The van der Waals surface area contributed by atoms with Crippen LogP contribution in [-0.4, -0.2) is 25.5 Å². The second-order valence-corrected chi connectivity index (χ2v) is 5.93. The van der Waals surface area contributed by atoms with Gasteiger partial charge in [0.25, 0.3) is 0 Å². The molecular weight excluding hydrogens is 302 g/mol. The largest absolute Gasteiger partial charge is 0.493 e. The van der Waals surface area contributed by atoms with E-state index in [1.807, 2.05) is 43.3 Å². The monoisotopic (exact) mass is 323 g/mol. The Morgan fingerprint density at radius 1 is 1.04 bits per heavy atom. The van der Waals surface area contributed by atoms with Gasteiger partial charge in [0.2, 0.25) is 0 Å². The maximum absolute atomic E-state index is 5.69. The van der Waals surface area contributed by atoms with Crippen molar-refractivity contribution in [3.63, 3.8) is 0 Å². The molecule has 0 amide bonds. The van der Waals surface area contributed by atoms with Gasteiger partial charge >= 0.3 is 0 Å². The Kier molecular flexibility index (Phi) is 4.56. The summed E-state index contributed by atoms with van der Waals surface area (Å²) in [5, 5.41) is 4.27. The first-order valence-corrected chi connectivity index (χ1v) is 7.85. The molecule has 1 unspecified atom stereocenters. The summed E-state index contributed by atoms with van der Waals surface area (Å²) < 4.78 is 10.6. The molecule has 24 heavy (non-hydrogen) atoms. The van der Waals surface area contributed by atoms with Crippen LogP contribution in [0.2, 0.25) is 0 Å². The van der Waals surface area contributed by atoms with E-state index in [1.54, 1.807) is 14.2 Å². The number of rotatable bonds is 5. The van der Waals surface area contributed by atoms with E-state index in [9.17, 15) is 0 Å². The zero-order chi connectivity index (χ0) is 17.0. The van der Waals surface area contributed by atoms with Gasteiger partial charge in [0, 0.05) is 12.0 Å². The normalized spacial score (nSPS) is 19.9. The predicted octanol–water partition coefficient (Wildman–Crippen LogP) is 4.30. The van der Waals surface area contributed by atoms with E-state index >= 15 is 0 Å². The Morgan fingerprint density at radius 2 is 1.79 bits per heavy atom. The third-order valence-electron chi connectivity index (χ3n) is 4.03. The molecule has 0 bridgehead atoms. The molecule has 0 N–H and O–H groups in total. The van der Waals surface area contributed by atoms with Gasteiger partial charge in [-0.3, -0.25) is 0 Å². The maximum atomic E-state index is 5.69. The Morgan fingerprint density at radius 3 is 2.50 bits per heavy atom. The Labute approximate surface area is 142 Å². The fourth-order valence-corrected chi connectivity index (χ4v) is 2.65. The minimum Gasteiger partial charge on any atom is -0.493 e. The molecule has 4 heteroatoms. The topological polar surface area (TPSA) is 40.0 Å². The smallest absolute Gasteiger partial charge is 0.161 e. The summed E-state index contributed by atoms with van der Waals surface area (Å²) in [6.45, 7) is 2.03. The summed E-state index contributed by atoms with van der Waals surface area (Å²) in [6.07, 6.45) is 4.82. The maximum Gasteiger partial charge on any atom is 0.161 e. The third kappa shape index (κ3) is 3.43. The molecule has 0 aliphatic carbocycles. The van der Waals surface area contributed by atoms with E-state index < -0.39 is 5.60 Å². The van der Waals surface area contributed by atoms with Crippen molar-refractivity contribution in [2.75, 3.05) is 14.2 Å². The van der Waals surface area contributed by atoms with Gasteiger partial charge in [0.1, 0.15) is 0 Å². The fraction of sp³-hybridized carbons (Fsp3) is 0.250. The fourth-order valence-electron chi connectivity index (χ4n) is 2.65. The average molecular weight is 323 g/mol. The third-order valence-corrected chi connectivity index (χ3v) is 4.03. The van der Waals surface area contributed by atoms with Crippen LogP contribution < -0.4 is 9.47 Å². The molecule has 124 valence electrons. The average Bonchev–Trinajstić information content (AvgIpc) is 3.03.